The van der Waals surface area contributed by atoms with Crippen molar-refractivity contribution in [2.24, 2.45) is 10.8 Å². The van der Waals surface area contributed by atoms with Crippen molar-refractivity contribution < 1.29 is 33.0 Å². The van der Waals surface area contributed by atoms with E-state index in [1.165, 1.54) is 23.9 Å². The number of halogens is 3. The van der Waals surface area contributed by atoms with Crippen LogP contribution in [0.3, 0.4) is 0 Å². The Morgan fingerprint density at radius 3 is 2.08 bits per heavy atom. The lowest BCUT2D eigenvalue weighted by Crippen LogP contribution is -2.30. The molecule has 1 aromatic rings. The second-order valence-electron chi connectivity index (χ2n) is 6.61. The summed E-state index contributed by atoms with van der Waals surface area (Å²) in [7, 11) is 2.94. The van der Waals surface area contributed by atoms with Gasteiger partial charge in [0.25, 0.3) is 0 Å². The Labute approximate surface area is 139 Å². The minimum absolute atomic E-state index is 0.0427. The van der Waals surface area contributed by atoms with Crippen LogP contribution in [0, 0.1) is 10.8 Å². The highest BCUT2D eigenvalue weighted by Gasteiger charge is 2.81. The number of hydrogen-bond donors (Lipinski definition) is 2. The van der Waals surface area contributed by atoms with Gasteiger partial charge in [0.05, 0.1) is 0 Å². The molecule has 0 amide bonds. The van der Waals surface area contributed by atoms with Gasteiger partial charge in [-0.1, -0.05) is 0 Å². The van der Waals surface area contributed by atoms with Crippen LogP contribution in [0.5, 0.6) is 0 Å². The highest BCUT2D eigenvalue weighted by atomic mass is 19.4. The fourth-order valence-electron chi connectivity index (χ4n) is 3.38. The van der Waals surface area contributed by atoms with Gasteiger partial charge in [0.2, 0.25) is 5.95 Å². The number of carbonyl (C=O) groups is 2. The molecule has 8 nitrogen and oxygen atoms in total. The molecule has 1 aliphatic heterocycles. The predicted molar refractivity (Wildman–Crippen MR) is 78.3 cm³/mol. The Morgan fingerprint density at radius 2 is 1.68 bits per heavy atom. The maximum absolute atomic E-state index is 13.1. The Balaban J connectivity index is 2.02. The first kappa shape index (κ1) is 17.2. The van der Waals surface area contributed by atoms with Gasteiger partial charge in [0, 0.05) is 33.3 Å². The van der Waals surface area contributed by atoms with E-state index in [2.05, 4.69) is 9.97 Å². The van der Waals surface area contributed by atoms with Crippen LogP contribution in [0.25, 0.3) is 0 Å². The largest absolute Gasteiger partial charge is 0.481 e. The highest BCUT2D eigenvalue weighted by molar-refractivity contribution is 5.95. The van der Waals surface area contributed by atoms with Crippen LogP contribution in [0.1, 0.15) is 12.1 Å². The number of anilines is 2. The number of fused-ring (bicyclic) bond motifs is 1. The molecule has 1 aliphatic carbocycles. The molecule has 0 spiro atoms. The molecule has 25 heavy (non-hydrogen) atoms. The molecule has 0 aromatic carbocycles. The number of alkyl halides is 3. The summed E-state index contributed by atoms with van der Waals surface area (Å²) in [4.78, 5) is 33.1. The summed E-state index contributed by atoms with van der Waals surface area (Å²) in [5.41, 5.74) is -4.17. The van der Waals surface area contributed by atoms with Crippen LogP contribution in [0.2, 0.25) is 0 Å². The van der Waals surface area contributed by atoms with Crippen molar-refractivity contribution in [3.05, 3.63) is 11.8 Å². The van der Waals surface area contributed by atoms with Gasteiger partial charge in [-0.25, -0.2) is 4.98 Å². The van der Waals surface area contributed by atoms with Crippen molar-refractivity contribution in [2.75, 3.05) is 37.0 Å². The van der Waals surface area contributed by atoms with Gasteiger partial charge in [-0.2, -0.15) is 18.2 Å². The summed E-state index contributed by atoms with van der Waals surface area (Å²) in [5.74, 6) is -2.87. The zero-order valence-electron chi connectivity index (χ0n) is 13.3. The smallest absolute Gasteiger partial charge is 0.433 e. The molecule has 1 saturated carbocycles. The third-order valence-electron chi connectivity index (χ3n) is 4.85. The van der Waals surface area contributed by atoms with Crippen molar-refractivity contribution in [3.63, 3.8) is 0 Å². The van der Waals surface area contributed by atoms with Crippen molar-refractivity contribution in [1.29, 1.82) is 0 Å². The van der Waals surface area contributed by atoms with E-state index in [0.717, 1.165) is 0 Å². The zero-order chi connectivity index (χ0) is 18.8. The monoisotopic (exact) mass is 360 g/mol. The van der Waals surface area contributed by atoms with E-state index in [1.807, 2.05) is 0 Å². The molecular formula is C14H15F3N4O4. The molecule has 1 aromatic heterocycles. The molecule has 0 unspecified atom stereocenters. The van der Waals surface area contributed by atoms with E-state index in [-0.39, 0.29) is 31.3 Å². The molecule has 3 rings (SSSR count). The Bertz CT molecular complexity index is 741. The molecule has 0 radical (unpaired) electrons. The fraction of sp³-hybridized carbons (Fsp3) is 0.571. The maximum atomic E-state index is 13.1. The molecule has 2 heterocycles. The molecule has 0 bridgehead atoms. The molecule has 2 fully saturated rings. The summed E-state index contributed by atoms with van der Waals surface area (Å²) in [5, 5.41) is 18.8. The molecule has 11 heteroatoms. The van der Waals surface area contributed by atoms with Crippen LogP contribution < -0.4 is 9.80 Å². The van der Waals surface area contributed by atoms with E-state index in [0.29, 0.717) is 6.07 Å². The number of nitrogens with zero attached hydrogens (tertiary/aromatic N) is 4. The van der Waals surface area contributed by atoms with E-state index >= 15 is 0 Å². The van der Waals surface area contributed by atoms with Crippen molar-refractivity contribution in [3.8, 4) is 0 Å². The van der Waals surface area contributed by atoms with Crippen LogP contribution in [-0.4, -0.2) is 59.3 Å². The lowest BCUT2D eigenvalue weighted by atomic mass is 9.97. The van der Waals surface area contributed by atoms with E-state index in [9.17, 15) is 33.0 Å². The summed E-state index contributed by atoms with van der Waals surface area (Å²) >= 11 is 0. The Hall–Kier alpha value is -2.59. The average molecular weight is 360 g/mol. The third-order valence-corrected chi connectivity index (χ3v) is 4.85. The number of aromatic nitrogens is 2. The third kappa shape index (κ3) is 2.36. The highest BCUT2D eigenvalue weighted by Crippen LogP contribution is 2.68. The summed E-state index contributed by atoms with van der Waals surface area (Å²) in [6, 6.07) is 0.711. The van der Waals surface area contributed by atoms with Gasteiger partial charge in [0.1, 0.15) is 16.6 Å². The maximum Gasteiger partial charge on any atom is 0.433 e. The number of aliphatic carboxylic acids is 2. The number of piperidine rings is 1. The van der Waals surface area contributed by atoms with Crippen LogP contribution in [-0.2, 0) is 15.8 Å². The first-order chi connectivity index (χ1) is 11.4. The van der Waals surface area contributed by atoms with Gasteiger partial charge in [-0.05, 0) is 6.42 Å². The molecule has 2 atom stereocenters. The Morgan fingerprint density at radius 1 is 1.16 bits per heavy atom. The average Bonchev–Trinajstić information content (AvgIpc) is 3.04. The predicted octanol–water partition coefficient (Wildman–Crippen LogP) is 0.927. The lowest BCUT2D eigenvalue weighted by molar-refractivity contribution is -0.151. The van der Waals surface area contributed by atoms with Crippen LogP contribution >= 0.6 is 0 Å². The van der Waals surface area contributed by atoms with Crippen molar-refractivity contribution in [1.82, 2.24) is 9.97 Å². The fourth-order valence-corrected chi connectivity index (χ4v) is 3.38. The van der Waals surface area contributed by atoms with Gasteiger partial charge >= 0.3 is 18.1 Å². The molecular weight excluding hydrogens is 345 g/mol. The SMILES string of the molecule is CN(C)c1nc(N2C[C@@]3(C(=O)O)C[C@@]3(C(=O)O)C2)cc(C(F)(F)F)n1. The van der Waals surface area contributed by atoms with Crippen LogP contribution in [0.4, 0.5) is 24.9 Å². The van der Waals surface area contributed by atoms with Gasteiger partial charge in [-0.3, -0.25) is 9.59 Å². The summed E-state index contributed by atoms with van der Waals surface area (Å²) in [6.07, 6.45) is -4.75. The number of carboxylic acid groups (broad SMARTS) is 2. The molecule has 1 saturated heterocycles. The van der Waals surface area contributed by atoms with Gasteiger partial charge < -0.3 is 20.0 Å². The quantitative estimate of drug-likeness (QED) is 0.817. The number of rotatable bonds is 4. The first-order valence-electron chi connectivity index (χ1n) is 7.28. The van der Waals surface area contributed by atoms with Gasteiger partial charge in [-0.15, -0.1) is 0 Å². The second-order valence-corrected chi connectivity index (χ2v) is 6.61. The number of hydrogen-bond acceptors (Lipinski definition) is 6. The topological polar surface area (TPSA) is 107 Å². The second kappa shape index (κ2) is 4.96. The zero-order valence-corrected chi connectivity index (χ0v) is 13.3. The Kier molecular flexibility index (Phi) is 3.42. The minimum Gasteiger partial charge on any atom is -0.481 e. The molecule has 2 N–H and O–H groups in total. The van der Waals surface area contributed by atoms with Gasteiger partial charge in [0.15, 0.2) is 5.69 Å². The van der Waals surface area contributed by atoms with Crippen LogP contribution in [0.15, 0.2) is 6.07 Å². The molecule has 136 valence electrons. The van der Waals surface area contributed by atoms with E-state index in [4.69, 9.17) is 0 Å². The minimum atomic E-state index is -4.71. The summed E-state index contributed by atoms with van der Waals surface area (Å²) < 4.78 is 39.2. The first-order valence-corrected chi connectivity index (χ1v) is 7.28. The van der Waals surface area contributed by atoms with Crippen molar-refractivity contribution >= 4 is 23.7 Å². The standard InChI is InChI=1S/C14H15F3N4O4/c1-20(2)11-18-7(14(15,16)17)3-8(19-11)21-5-12(9(22)23)4-13(12,6-21)10(24)25/h3H,4-6H2,1-2H3,(H,22,23)(H,24,25)/t12-,13+. The lowest BCUT2D eigenvalue weighted by Gasteiger charge is -2.23. The number of carboxylic acids is 2. The normalized spacial score (nSPS) is 27.8. The molecule has 2 aliphatic rings. The van der Waals surface area contributed by atoms with E-state index in [1.54, 1.807) is 0 Å². The van der Waals surface area contributed by atoms with E-state index < -0.39 is 34.6 Å². The van der Waals surface area contributed by atoms with Crippen molar-refractivity contribution in [2.45, 2.75) is 12.6 Å². The summed E-state index contributed by atoms with van der Waals surface area (Å²) in [6.45, 7) is -0.425.